The van der Waals surface area contributed by atoms with Crippen LogP contribution in [0.5, 0.6) is 0 Å². The van der Waals surface area contributed by atoms with E-state index in [0.717, 1.165) is 23.8 Å². The minimum absolute atomic E-state index is 0.327. The second-order valence-corrected chi connectivity index (χ2v) is 8.70. The molecule has 0 aliphatic carbocycles. The van der Waals surface area contributed by atoms with Gasteiger partial charge in [0.15, 0.2) is 0 Å². The van der Waals surface area contributed by atoms with Crippen molar-refractivity contribution in [1.82, 2.24) is 5.32 Å². The number of hydrogen-bond acceptors (Lipinski definition) is 4. The van der Waals surface area contributed by atoms with Gasteiger partial charge in [0.1, 0.15) is 5.60 Å². The van der Waals surface area contributed by atoms with E-state index in [1.807, 2.05) is 11.0 Å². The molecule has 1 heterocycles. The van der Waals surface area contributed by atoms with Gasteiger partial charge in [0.25, 0.3) is 0 Å². The Morgan fingerprint density at radius 1 is 1.12 bits per heavy atom. The molecule has 1 aliphatic heterocycles. The van der Waals surface area contributed by atoms with Gasteiger partial charge in [-0.15, -0.1) is 0 Å². The third kappa shape index (κ3) is 6.06. The van der Waals surface area contributed by atoms with Gasteiger partial charge in [-0.05, 0) is 69.7 Å². The number of benzene rings is 2. The number of carbonyl (C=O) groups excluding carboxylic acids is 2. The quantitative estimate of drug-likeness (QED) is 0.597. The number of anilines is 3. The van der Waals surface area contributed by atoms with Gasteiger partial charge < -0.3 is 15.0 Å². The normalized spacial score (nSPS) is 15.9. The van der Waals surface area contributed by atoms with Crippen molar-refractivity contribution in [2.75, 3.05) is 16.8 Å². The van der Waals surface area contributed by atoms with Gasteiger partial charge in [0, 0.05) is 29.2 Å². The number of halogens is 3. The number of alkyl halides is 3. The van der Waals surface area contributed by atoms with Crippen LogP contribution in [0.1, 0.15) is 31.9 Å². The number of amides is 2. The smallest absolute Gasteiger partial charge is 0.416 e. The molecule has 0 saturated carbocycles. The number of nitrogens with zero attached hydrogens (tertiary/aromatic N) is 1. The molecule has 176 valence electrons. The molecule has 2 N–H and O–H groups in total. The molecule has 6 nitrogen and oxygen atoms in total. The molecular weight excluding hydrogens is 435 g/mol. The first kappa shape index (κ1) is 24.2. The Hall–Kier alpha value is -3.49. The van der Waals surface area contributed by atoms with Crippen LogP contribution in [0, 0.1) is 0 Å². The molecule has 0 saturated heterocycles. The third-order valence-electron chi connectivity index (χ3n) is 4.97. The van der Waals surface area contributed by atoms with Crippen LogP contribution in [0.25, 0.3) is 0 Å². The fraction of sp³-hybridized carbons (Fsp3) is 0.333. The van der Waals surface area contributed by atoms with Crippen LogP contribution in [-0.2, 0) is 22.1 Å². The van der Waals surface area contributed by atoms with Gasteiger partial charge in [0.05, 0.1) is 11.6 Å². The van der Waals surface area contributed by atoms with Crippen molar-refractivity contribution in [3.05, 3.63) is 66.2 Å². The topological polar surface area (TPSA) is 70.7 Å². The molecule has 0 fully saturated rings. The summed E-state index contributed by atoms with van der Waals surface area (Å²) in [5.74, 6) is -0.367. The zero-order chi connectivity index (χ0) is 24.4. The van der Waals surface area contributed by atoms with E-state index < -0.39 is 23.4 Å². The van der Waals surface area contributed by atoms with Crippen molar-refractivity contribution in [3.63, 3.8) is 0 Å². The highest BCUT2D eigenvalue weighted by Gasteiger charge is 2.32. The molecule has 33 heavy (non-hydrogen) atoms. The number of rotatable bonds is 4. The summed E-state index contributed by atoms with van der Waals surface area (Å²) in [6.45, 7) is 9.04. The molecule has 1 aliphatic rings. The van der Waals surface area contributed by atoms with Gasteiger partial charge in [-0.3, -0.25) is 10.1 Å². The fourth-order valence-electron chi connectivity index (χ4n) is 3.63. The molecule has 1 atom stereocenters. The van der Waals surface area contributed by atoms with Crippen molar-refractivity contribution >= 4 is 29.1 Å². The average Bonchev–Trinajstić information content (AvgIpc) is 2.71. The van der Waals surface area contributed by atoms with Gasteiger partial charge in [-0.25, -0.2) is 4.79 Å². The number of nitrogens with one attached hydrogen (secondary N) is 2. The Balaban J connectivity index is 1.99. The Labute approximate surface area is 190 Å². The summed E-state index contributed by atoms with van der Waals surface area (Å²) < 4.78 is 44.4. The lowest BCUT2D eigenvalue weighted by molar-refractivity contribution is -0.137. The minimum Gasteiger partial charge on any atom is -0.444 e. The predicted molar refractivity (Wildman–Crippen MR) is 121 cm³/mol. The lowest BCUT2D eigenvalue weighted by atomic mass is 9.95. The summed E-state index contributed by atoms with van der Waals surface area (Å²) in [5, 5.41) is 5.59. The van der Waals surface area contributed by atoms with E-state index in [-0.39, 0.29) is 11.9 Å². The second-order valence-electron chi connectivity index (χ2n) is 8.70. The van der Waals surface area contributed by atoms with Crippen molar-refractivity contribution in [2.45, 2.75) is 45.0 Å². The number of carbonyl (C=O) groups is 2. The maximum Gasteiger partial charge on any atom is 0.416 e. The Morgan fingerprint density at radius 2 is 1.79 bits per heavy atom. The maximum absolute atomic E-state index is 13.0. The zero-order valence-corrected chi connectivity index (χ0v) is 18.6. The molecule has 0 radical (unpaired) electrons. The van der Waals surface area contributed by atoms with E-state index in [9.17, 15) is 22.8 Å². The summed E-state index contributed by atoms with van der Waals surface area (Å²) >= 11 is 0. The highest BCUT2D eigenvalue weighted by atomic mass is 19.4. The molecule has 0 spiro atoms. The molecule has 0 aromatic heterocycles. The molecule has 1 unspecified atom stereocenters. The van der Waals surface area contributed by atoms with E-state index >= 15 is 0 Å². The maximum atomic E-state index is 13.0. The van der Waals surface area contributed by atoms with Crippen LogP contribution < -0.4 is 15.5 Å². The summed E-state index contributed by atoms with van der Waals surface area (Å²) in [4.78, 5) is 26.1. The van der Waals surface area contributed by atoms with Crippen LogP contribution >= 0.6 is 0 Å². The largest absolute Gasteiger partial charge is 0.444 e. The number of hydrogen-bond donors (Lipinski definition) is 2. The first-order valence-corrected chi connectivity index (χ1v) is 10.4. The van der Waals surface area contributed by atoms with Crippen molar-refractivity contribution < 1.29 is 27.5 Å². The molecule has 2 amide bonds. The van der Waals surface area contributed by atoms with Crippen LogP contribution in [0.15, 0.2) is 55.1 Å². The lowest BCUT2D eigenvalue weighted by Gasteiger charge is -2.37. The third-order valence-corrected chi connectivity index (χ3v) is 4.97. The Bertz CT molecular complexity index is 1040. The lowest BCUT2D eigenvalue weighted by Crippen LogP contribution is -2.46. The van der Waals surface area contributed by atoms with Crippen molar-refractivity contribution in [3.8, 4) is 0 Å². The van der Waals surface area contributed by atoms with E-state index in [1.54, 1.807) is 32.9 Å². The van der Waals surface area contributed by atoms with E-state index in [4.69, 9.17) is 4.74 Å². The fourth-order valence-corrected chi connectivity index (χ4v) is 3.63. The summed E-state index contributed by atoms with van der Waals surface area (Å²) in [5.41, 5.74) is 1.02. The molecule has 0 bridgehead atoms. The Morgan fingerprint density at radius 3 is 2.36 bits per heavy atom. The standard InChI is InChI=1S/C24H26F3N3O3/c1-5-21(31)28-16-13-18-19(29-22(32)33-23(2,3)4)7-6-8-20(18)30(14-16)17-11-9-15(10-12-17)24(25,26)27/h5-12,16H,1,13-14H2,2-4H3,(H,28,31)(H,29,32). The van der Waals surface area contributed by atoms with Gasteiger partial charge in [0.2, 0.25) is 5.91 Å². The second kappa shape index (κ2) is 9.17. The van der Waals surface area contributed by atoms with Crippen LogP contribution in [0.4, 0.5) is 35.0 Å². The van der Waals surface area contributed by atoms with Crippen LogP contribution in [-0.4, -0.2) is 30.2 Å². The predicted octanol–water partition coefficient (Wildman–Crippen LogP) is 5.42. The monoisotopic (exact) mass is 461 g/mol. The van der Waals surface area contributed by atoms with Crippen LogP contribution in [0.2, 0.25) is 0 Å². The highest BCUT2D eigenvalue weighted by molar-refractivity contribution is 5.89. The molecule has 9 heteroatoms. The van der Waals surface area contributed by atoms with E-state index in [2.05, 4.69) is 17.2 Å². The molecule has 3 rings (SSSR count). The summed E-state index contributed by atoms with van der Waals surface area (Å²) in [7, 11) is 0. The van der Waals surface area contributed by atoms with Crippen molar-refractivity contribution in [1.29, 1.82) is 0 Å². The first-order chi connectivity index (χ1) is 15.4. The summed E-state index contributed by atoms with van der Waals surface area (Å²) in [6, 6.07) is 9.71. The molecule has 2 aromatic carbocycles. The SMILES string of the molecule is C=CC(=O)NC1Cc2c(NC(=O)OC(C)(C)C)cccc2N(c2ccc(C(F)(F)F)cc2)C1. The zero-order valence-electron chi connectivity index (χ0n) is 18.6. The molecule has 2 aromatic rings. The number of fused-ring (bicyclic) bond motifs is 1. The minimum atomic E-state index is -4.44. The van der Waals surface area contributed by atoms with Gasteiger partial charge in [-0.1, -0.05) is 12.6 Å². The highest BCUT2D eigenvalue weighted by Crippen LogP contribution is 2.39. The van der Waals surface area contributed by atoms with Crippen molar-refractivity contribution in [2.24, 2.45) is 0 Å². The van der Waals surface area contributed by atoms with E-state index in [1.165, 1.54) is 12.1 Å². The number of ether oxygens (including phenoxy) is 1. The van der Waals surface area contributed by atoms with Gasteiger partial charge in [-0.2, -0.15) is 13.2 Å². The summed E-state index contributed by atoms with van der Waals surface area (Å²) in [6.07, 6.45) is -3.52. The van der Waals surface area contributed by atoms with Crippen LogP contribution in [0.3, 0.4) is 0 Å². The van der Waals surface area contributed by atoms with E-state index in [0.29, 0.717) is 30.0 Å². The Kier molecular flexibility index (Phi) is 6.71. The van der Waals surface area contributed by atoms with Gasteiger partial charge >= 0.3 is 12.3 Å². The average molecular weight is 461 g/mol. The first-order valence-electron chi connectivity index (χ1n) is 10.4. The molecular formula is C24H26F3N3O3.